The molecule has 1 amide bonds. The Balaban J connectivity index is 1.58. The summed E-state index contributed by atoms with van der Waals surface area (Å²) in [5, 5.41) is 0.741. The number of aromatic nitrogens is 2. The number of fused-ring (bicyclic) bond motifs is 1. The third-order valence-electron chi connectivity index (χ3n) is 3.76. The highest BCUT2D eigenvalue weighted by Gasteiger charge is 2.12. The minimum atomic E-state index is 0.0734. The third kappa shape index (κ3) is 4.54. The van der Waals surface area contributed by atoms with E-state index in [0.29, 0.717) is 18.9 Å². The first-order valence-electron chi connectivity index (χ1n) is 8.19. The Labute approximate surface area is 151 Å². The number of amides is 1. The summed E-state index contributed by atoms with van der Waals surface area (Å²) in [5.41, 5.74) is 2.91. The molecule has 0 aliphatic carbocycles. The molecule has 6 heteroatoms. The van der Waals surface area contributed by atoms with Gasteiger partial charge in [0, 0.05) is 19.7 Å². The number of rotatable bonds is 7. The van der Waals surface area contributed by atoms with Crippen molar-refractivity contribution in [3.8, 4) is 5.75 Å². The average molecular weight is 355 g/mol. The smallest absolute Gasteiger partial charge is 0.233 e. The van der Waals surface area contributed by atoms with Crippen LogP contribution in [0.1, 0.15) is 12.5 Å². The molecule has 0 spiro atoms. The predicted octanol–water partition coefficient (Wildman–Crippen LogP) is 3.71. The van der Waals surface area contributed by atoms with Crippen LogP contribution in [-0.2, 0) is 11.3 Å². The quantitative estimate of drug-likeness (QED) is 0.657. The van der Waals surface area contributed by atoms with Crippen molar-refractivity contribution in [1.82, 2.24) is 14.9 Å². The topological polar surface area (TPSA) is 58.2 Å². The molecule has 1 N–H and O–H groups in total. The first-order valence-corrected chi connectivity index (χ1v) is 9.17. The number of hydrogen-bond acceptors (Lipinski definition) is 4. The van der Waals surface area contributed by atoms with Gasteiger partial charge in [-0.3, -0.25) is 4.79 Å². The molecule has 0 bridgehead atoms. The predicted molar refractivity (Wildman–Crippen MR) is 101 cm³/mol. The molecule has 25 heavy (non-hydrogen) atoms. The third-order valence-corrected chi connectivity index (χ3v) is 4.62. The van der Waals surface area contributed by atoms with Crippen molar-refractivity contribution in [3.63, 3.8) is 0 Å². The lowest BCUT2D eigenvalue weighted by Gasteiger charge is -2.16. The monoisotopic (exact) mass is 355 g/mol. The Hall–Kier alpha value is -2.47. The summed E-state index contributed by atoms with van der Waals surface area (Å²) >= 11 is 1.41. The Bertz CT molecular complexity index is 848. The zero-order valence-corrected chi connectivity index (χ0v) is 15.2. The van der Waals surface area contributed by atoms with Crippen LogP contribution in [0.2, 0.25) is 0 Å². The molecule has 1 aromatic heterocycles. The summed E-state index contributed by atoms with van der Waals surface area (Å²) in [7, 11) is 1.82. The van der Waals surface area contributed by atoms with Crippen LogP contribution in [-0.4, -0.2) is 40.2 Å². The molecule has 3 aromatic rings. The normalized spacial score (nSPS) is 10.8. The van der Waals surface area contributed by atoms with E-state index in [9.17, 15) is 4.79 Å². The van der Waals surface area contributed by atoms with Crippen molar-refractivity contribution in [3.05, 3.63) is 54.1 Å². The minimum Gasteiger partial charge on any atom is -0.494 e. The standard InChI is InChI=1S/C19H21N3O2S/c1-3-24-15-9-10-16-17(11-15)21-19(20-16)25-13-18(23)22(2)12-14-7-5-4-6-8-14/h4-11H,3,12-13H2,1-2H3,(H,20,21). The fraction of sp³-hybridized carbons (Fsp3) is 0.263. The van der Waals surface area contributed by atoms with Crippen LogP contribution in [0.4, 0.5) is 0 Å². The van der Waals surface area contributed by atoms with Crippen LogP contribution >= 0.6 is 11.8 Å². The van der Waals surface area contributed by atoms with Gasteiger partial charge < -0.3 is 14.6 Å². The van der Waals surface area contributed by atoms with Crippen LogP contribution in [0.25, 0.3) is 11.0 Å². The molecule has 0 aliphatic heterocycles. The second kappa shape index (κ2) is 8.07. The number of carbonyl (C=O) groups is 1. The van der Waals surface area contributed by atoms with E-state index in [0.717, 1.165) is 27.5 Å². The maximum atomic E-state index is 12.3. The molecule has 130 valence electrons. The first-order chi connectivity index (χ1) is 12.2. The molecule has 5 nitrogen and oxygen atoms in total. The number of ether oxygens (including phenoxy) is 1. The number of benzene rings is 2. The number of aromatic amines is 1. The van der Waals surface area contributed by atoms with Crippen molar-refractivity contribution in [2.24, 2.45) is 0 Å². The van der Waals surface area contributed by atoms with Gasteiger partial charge in [0.15, 0.2) is 5.16 Å². The maximum Gasteiger partial charge on any atom is 0.233 e. The van der Waals surface area contributed by atoms with Crippen molar-refractivity contribution >= 4 is 28.7 Å². The lowest BCUT2D eigenvalue weighted by Crippen LogP contribution is -2.27. The van der Waals surface area contributed by atoms with Crippen molar-refractivity contribution in [1.29, 1.82) is 0 Å². The number of hydrogen-bond donors (Lipinski definition) is 1. The van der Waals surface area contributed by atoms with Gasteiger partial charge in [-0.25, -0.2) is 4.98 Å². The Kier molecular flexibility index (Phi) is 5.60. The van der Waals surface area contributed by atoms with E-state index in [4.69, 9.17) is 4.74 Å². The summed E-state index contributed by atoms with van der Waals surface area (Å²) in [6.07, 6.45) is 0. The van der Waals surface area contributed by atoms with E-state index < -0.39 is 0 Å². The van der Waals surface area contributed by atoms with Gasteiger partial charge >= 0.3 is 0 Å². The van der Waals surface area contributed by atoms with Crippen LogP contribution in [0.5, 0.6) is 5.75 Å². The van der Waals surface area contributed by atoms with E-state index >= 15 is 0 Å². The summed E-state index contributed by atoms with van der Waals surface area (Å²) in [6.45, 7) is 3.19. The molecular formula is C19H21N3O2S. The molecule has 1 heterocycles. The molecule has 0 atom stereocenters. The second-order valence-corrected chi connectivity index (χ2v) is 6.64. The highest BCUT2D eigenvalue weighted by Crippen LogP contribution is 2.23. The zero-order valence-electron chi connectivity index (χ0n) is 14.4. The lowest BCUT2D eigenvalue weighted by molar-refractivity contribution is -0.127. The van der Waals surface area contributed by atoms with Gasteiger partial charge in [-0.2, -0.15) is 0 Å². The SMILES string of the molecule is CCOc1ccc2nc(SCC(=O)N(C)Cc3ccccc3)[nH]c2c1. The molecule has 3 rings (SSSR count). The number of nitrogens with one attached hydrogen (secondary N) is 1. The van der Waals surface area contributed by atoms with Gasteiger partial charge in [0.1, 0.15) is 5.75 Å². The Morgan fingerprint density at radius 3 is 2.80 bits per heavy atom. The van der Waals surface area contributed by atoms with E-state index in [1.54, 1.807) is 4.90 Å². The van der Waals surface area contributed by atoms with E-state index in [-0.39, 0.29) is 5.91 Å². The lowest BCUT2D eigenvalue weighted by atomic mass is 10.2. The van der Waals surface area contributed by atoms with Crippen LogP contribution in [0.3, 0.4) is 0 Å². The molecule has 0 unspecified atom stereocenters. The van der Waals surface area contributed by atoms with E-state index in [2.05, 4.69) is 9.97 Å². The molecular weight excluding hydrogens is 334 g/mol. The molecule has 0 aliphatic rings. The highest BCUT2D eigenvalue weighted by molar-refractivity contribution is 7.99. The van der Waals surface area contributed by atoms with E-state index in [1.807, 2.05) is 62.5 Å². The van der Waals surface area contributed by atoms with Crippen LogP contribution < -0.4 is 4.74 Å². The Morgan fingerprint density at radius 1 is 1.24 bits per heavy atom. The highest BCUT2D eigenvalue weighted by atomic mass is 32.2. The van der Waals surface area contributed by atoms with Crippen molar-refractivity contribution in [2.45, 2.75) is 18.6 Å². The molecule has 2 aromatic carbocycles. The number of H-pyrrole nitrogens is 1. The van der Waals surface area contributed by atoms with Gasteiger partial charge in [0.25, 0.3) is 0 Å². The van der Waals surface area contributed by atoms with Gasteiger partial charge in [0.05, 0.1) is 23.4 Å². The fourth-order valence-corrected chi connectivity index (χ4v) is 3.30. The fourth-order valence-electron chi connectivity index (χ4n) is 2.48. The van der Waals surface area contributed by atoms with E-state index in [1.165, 1.54) is 11.8 Å². The van der Waals surface area contributed by atoms with Crippen LogP contribution in [0, 0.1) is 0 Å². The zero-order chi connectivity index (χ0) is 17.6. The first kappa shape index (κ1) is 17.4. The van der Waals surface area contributed by atoms with Gasteiger partial charge in [0.2, 0.25) is 5.91 Å². The maximum absolute atomic E-state index is 12.3. The molecule has 0 radical (unpaired) electrons. The summed E-state index contributed by atoms with van der Waals surface area (Å²) in [6, 6.07) is 15.7. The van der Waals surface area contributed by atoms with Gasteiger partial charge in [-0.05, 0) is 24.6 Å². The number of imidazole rings is 1. The summed E-state index contributed by atoms with van der Waals surface area (Å²) in [4.78, 5) is 21.8. The molecule has 0 saturated heterocycles. The largest absolute Gasteiger partial charge is 0.494 e. The molecule has 0 saturated carbocycles. The number of carbonyl (C=O) groups excluding carboxylic acids is 1. The molecule has 0 fully saturated rings. The minimum absolute atomic E-state index is 0.0734. The van der Waals surface area contributed by atoms with Crippen LogP contribution in [0.15, 0.2) is 53.7 Å². The number of thioether (sulfide) groups is 1. The van der Waals surface area contributed by atoms with Gasteiger partial charge in [-0.1, -0.05) is 42.1 Å². The average Bonchev–Trinajstić information content (AvgIpc) is 3.03. The van der Waals surface area contributed by atoms with Gasteiger partial charge in [-0.15, -0.1) is 0 Å². The number of nitrogens with zero attached hydrogens (tertiary/aromatic N) is 2. The second-order valence-electron chi connectivity index (χ2n) is 5.68. The summed E-state index contributed by atoms with van der Waals surface area (Å²) in [5.74, 6) is 1.24. The summed E-state index contributed by atoms with van der Waals surface area (Å²) < 4.78 is 5.49. The Morgan fingerprint density at radius 2 is 2.04 bits per heavy atom. The van der Waals surface area contributed by atoms with Crippen molar-refractivity contribution < 1.29 is 9.53 Å². The van der Waals surface area contributed by atoms with Crippen molar-refractivity contribution in [2.75, 3.05) is 19.4 Å².